The van der Waals surface area contributed by atoms with Crippen molar-refractivity contribution in [2.24, 2.45) is 11.8 Å². The van der Waals surface area contributed by atoms with E-state index in [4.69, 9.17) is 0 Å². The molecule has 65 heavy (non-hydrogen) atoms. The van der Waals surface area contributed by atoms with Gasteiger partial charge >= 0.3 is 0 Å². The number of fused-ring (bicyclic) bond motifs is 7. The number of aromatic nitrogens is 1. The number of benzene rings is 9. The maximum atomic E-state index is 2.47. The SMILES string of the molecule is C1=CC2=CC=CC3C2C(=C1)C31c2cccc3c(N(c4ccc(-c5ccccc5)cc4)c4cccc(-c5ccc(-n6c7ccccc7c7cc(-c8ccccc8)ccc76)cc5)c4)ccc1c23. The second-order valence-electron chi connectivity index (χ2n) is 18.0. The van der Waals surface area contributed by atoms with Crippen LogP contribution < -0.4 is 4.90 Å². The molecule has 3 unspecified atom stereocenters. The zero-order valence-corrected chi connectivity index (χ0v) is 35.6. The summed E-state index contributed by atoms with van der Waals surface area (Å²) in [6, 6.07) is 76.1. The first-order chi connectivity index (χ1) is 32.2. The molecule has 1 aromatic heterocycles. The average Bonchev–Trinajstić information content (AvgIpc) is 3.70. The van der Waals surface area contributed by atoms with Crippen LogP contribution in [0.15, 0.2) is 254 Å². The fourth-order valence-electron chi connectivity index (χ4n) is 12.0. The van der Waals surface area contributed by atoms with Crippen molar-refractivity contribution in [1.82, 2.24) is 4.57 Å². The molecule has 304 valence electrons. The van der Waals surface area contributed by atoms with E-state index in [9.17, 15) is 0 Å². The van der Waals surface area contributed by atoms with Gasteiger partial charge in [0.2, 0.25) is 0 Å². The molecule has 3 atom stereocenters. The molecule has 1 heterocycles. The van der Waals surface area contributed by atoms with E-state index < -0.39 is 0 Å². The molecular formula is C63H42N2. The Morgan fingerprint density at radius 3 is 1.89 bits per heavy atom. The summed E-state index contributed by atoms with van der Waals surface area (Å²) >= 11 is 0. The highest BCUT2D eigenvalue weighted by Crippen LogP contribution is 2.71. The van der Waals surface area contributed by atoms with E-state index >= 15 is 0 Å². The van der Waals surface area contributed by atoms with Gasteiger partial charge in [-0.2, -0.15) is 0 Å². The highest BCUT2D eigenvalue weighted by Gasteiger charge is 2.64. The van der Waals surface area contributed by atoms with Crippen molar-refractivity contribution in [3.8, 4) is 39.1 Å². The molecule has 2 heteroatoms. The Kier molecular flexibility index (Phi) is 7.76. The van der Waals surface area contributed by atoms with Gasteiger partial charge in [-0.25, -0.2) is 0 Å². The summed E-state index contributed by atoms with van der Waals surface area (Å²) < 4.78 is 2.41. The van der Waals surface area contributed by atoms with E-state index in [2.05, 4.69) is 252 Å². The van der Waals surface area contributed by atoms with Crippen LogP contribution in [-0.2, 0) is 5.41 Å². The van der Waals surface area contributed by atoms with E-state index in [-0.39, 0.29) is 5.41 Å². The summed E-state index contributed by atoms with van der Waals surface area (Å²) in [5.41, 5.74) is 20.1. The van der Waals surface area contributed by atoms with Crippen molar-refractivity contribution in [2.45, 2.75) is 5.41 Å². The molecule has 1 saturated carbocycles. The summed E-state index contributed by atoms with van der Waals surface area (Å²) in [6.45, 7) is 0. The highest BCUT2D eigenvalue weighted by atomic mass is 15.1. The first-order valence-electron chi connectivity index (χ1n) is 22.8. The third-order valence-corrected chi connectivity index (χ3v) is 14.9. The molecule has 10 aromatic rings. The molecular weight excluding hydrogens is 785 g/mol. The third kappa shape index (κ3) is 5.17. The van der Waals surface area contributed by atoms with E-state index in [0.717, 1.165) is 17.1 Å². The molecule has 0 saturated heterocycles. The van der Waals surface area contributed by atoms with Crippen molar-refractivity contribution in [2.75, 3.05) is 4.90 Å². The monoisotopic (exact) mass is 826 g/mol. The van der Waals surface area contributed by atoms with Gasteiger partial charge in [0.15, 0.2) is 0 Å². The van der Waals surface area contributed by atoms with Gasteiger partial charge in [0, 0.05) is 45.1 Å². The molecule has 14 rings (SSSR count). The van der Waals surface area contributed by atoms with Crippen LogP contribution in [0.4, 0.5) is 17.1 Å². The number of para-hydroxylation sites is 1. The Morgan fingerprint density at radius 2 is 1.06 bits per heavy atom. The Balaban J connectivity index is 0.869. The number of nitrogens with zero attached hydrogens (tertiary/aromatic N) is 2. The average molecular weight is 827 g/mol. The smallest absolute Gasteiger partial charge is 0.0541 e. The molecule has 0 N–H and O–H groups in total. The normalized spacial score (nSPS) is 18.6. The van der Waals surface area contributed by atoms with Crippen LogP contribution >= 0.6 is 0 Å². The minimum Gasteiger partial charge on any atom is -0.310 e. The molecule has 4 aliphatic rings. The van der Waals surface area contributed by atoms with E-state index in [1.54, 1.807) is 5.57 Å². The van der Waals surface area contributed by atoms with E-state index in [0.29, 0.717) is 11.8 Å². The Morgan fingerprint density at radius 1 is 0.431 bits per heavy atom. The fraction of sp³-hybridized carbons (Fsp3) is 0.0476. The Labute approximate surface area is 378 Å². The number of anilines is 3. The van der Waals surface area contributed by atoms with Gasteiger partial charge in [-0.1, -0.05) is 182 Å². The van der Waals surface area contributed by atoms with Crippen LogP contribution in [0.3, 0.4) is 0 Å². The second-order valence-corrected chi connectivity index (χ2v) is 18.0. The van der Waals surface area contributed by atoms with Gasteiger partial charge in [0.05, 0.1) is 22.1 Å². The zero-order chi connectivity index (χ0) is 42.6. The molecule has 1 fully saturated rings. The summed E-state index contributed by atoms with van der Waals surface area (Å²) in [4.78, 5) is 2.47. The molecule has 4 aliphatic carbocycles. The number of hydrogen-bond acceptors (Lipinski definition) is 1. The second kappa shape index (κ2) is 13.9. The van der Waals surface area contributed by atoms with Gasteiger partial charge in [0.1, 0.15) is 0 Å². The standard InChI is InChI=1S/C63H42N2/c1-3-13-41(14-4-1)43-27-32-48(33-28-43)64(59-38-36-57-62-52(59)22-12-25-56(62)63(57)54-23-10-17-45-18-11-24-55(63)61(45)54)50-20-9-19-46(39-50)44-29-34-49(35-30-44)65-58-26-8-7-21-51(58)53-40-47(31-37-60(53)65)42-15-5-2-6-16-42/h1-40,54,61H. The number of hydrogen-bond donors (Lipinski definition) is 0. The molecule has 1 spiro atoms. The van der Waals surface area contributed by atoms with E-state index in [1.807, 2.05) is 0 Å². The molecule has 9 aromatic carbocycles. The van der Waals surface area contributed by atoms with Gasteiger partial charge in [-0.05, 0) is 122 Å². The van der Waals surface area contributed by atoms with Crippen molar-refractivity contribution < 1.29 is 0 Å². The minimum absolute atomic E-state index is 0.0443. The summed E-state index contributed by atoms with van der Waals surface area (Å²) in [7, 11) is 0. The zero-order valence-electron chi connectivity index (χ0n) is 35.6. The Bertz CT molecular complexity index is 3680. The van der Waals surface area contributed by atoms with Gasteiger partial charge in [-0.15, -0.1) is 0 Å². The summed E-state index contributed by atoms with van der Waals surface area (Å²) in [5.74, 6) is 0.939. The van der Waals surface area contributed by atoms with E-state index in [1.165, 1.54) is 88.3 Å². The predicted octanol–water partition coefficient (Wildman–Crippen LogP) is 16.2. The van der Waals surface area contributed by atoms with Crippen molar-refractivity contribution in [1.29, 1.82) is 0 Å². The quantitative estimate of drug-likeness (QED) is 0.155. The lowest BCUT2D eigenvalue weighted by molar-refractivity contribution is 0.233. The highest BCUT2D eigenvalue weighted by molar-refractivity contribution is 6.11. The first kappa shape index (κ1) is 36.3. The van der Waals surface area contributed by atoms with Crippen LogP contribution in [0.2, 0.25) is 0 Å². The van der Waals surface area contributed by atoms with Crippen LogP contribution in [0.1, 0.15) is 11.1 Å². The lowest BCUT2D eigenvalue weighted by atomic mass is 9.38. The lowest BCUT2D eigenvalue weighted by Gasteiger charge is -2.64. The van der Waals surface area contributed by atoms with Crippen LogP contribution in [-0.4, -0.2) is 4.57 Å². The Hall–Kier alpha value is -8.20. The predicted molar refractivity (Wildman–Crippen MR) is 271 cm³/mol. The van der Waals surface area contributed by atoms with Crippen LogP contribution in [0.5, 0.6) is 0 Å². The summed E-state index contributed by atoms with van der Waals surface area (Å²) in [5, 5.41) is 5.21. The maximum Gasteiger partial charge on any atom is 0.0541 e. The molecule has 0 bridgehead atoms. The van der Waals surface area contributed by atoms with Crippen molar-refractivity contribution in [3.05, 3.63) is 265 Å². The van der Waals surface area contributed by atoms with Gasteiger partial charge in [-0.3, -0.25) is 0 Å². The van der Waals surface area contributed by atoms with Gasteiger partial charge in [0.25, 0.3) is 0 Å². The molecule has 0 amide bonds. The first-order valence-corrected chi connectivity index (χ1v) is 22.8. The topological polar surface area (TPSA) is 8.17 Å². The number of allylic oxidation sites excluding steroid dienone is 8. The number of rotatable bonds is 7. The fourth-order valence-corrected chi connectivity index (χ4v) is 12.0. The maximum absolute atomic E-state index is 2.47. The molecule has 0 radical (unpaired) electrons. The lowest BCUT2D eigenvalue weighted by Crippen LogP contribution is -2.59. The van der Waals surface area contributed by atoms with Crippen molar-refractivity contribution in [3.63, 3.8) is 0 Å². The minimum atomic E-state index is -0.0443. The van der Waals surface area contributed by atoms with Crippen LogP contribution in [0.25, 0.3) is 71.6 Å². The van der Waals surface area contributed by atoms with Gasteiger partial charge < -0.3 is 9.47 Å². The summed E-state index contributed by atoms with van der Waals surface area (Å²) in [6.07, 6.45) is 14.0. The molecule has 0 aliphatic heterocycles. The van der Waals surface area contributed by atoms with Crippen LogP contribution in [0, 0.1) is 11.8 Å². The third-order valence-electron chi connectivity index (χ3n) is 14.9. The molecule has 2 nitrogen and oxygen atoms in total. The van der Waals surface area contributed by atoms with Crippen molar-refractivity contribution >= 4 is 49.6 Å². The largest absolute Gasteiger partial charge is 0.310 e.